The fourth-order valence-electron chi connectivity index (χ4n) is 3.77. The van der Waals surface area contributed by atoms with Crippen molar-refractivity contribution in [2.24, 2.45) is 7.05 Å². The fourth-order valence-corrected chi connectivity index (χ4v) is 3.77. The molecular formula is C15H21N5. The Labute approximate surface area is 119 Å². The van der Waals surface area contributed by atoms with E-state index in [2.05, 4.69) is 24.8 Å². The van der Waals surface area contributed by atoms with Gasteiger partial charge in [0.25, 0.3) is 0 Å². The SMILES string of the molecule is Cn1cnc2c(N3CCCC3C3CCCN3)nccc21. The molecule has 2 atom stereocenters. The summed E-state index contributed by atoms with van der Waals surface area (Å²) in [5.41, 5.74) is 2.21. The summed E-state index contributed by atoms with van der Waals surface area (Å²) in [6.07, 6.45) is 8.91. The van der Waals surface area contributed by atoms with Crippen molar-refractivity contribution in [3.05, 3.63) is 18.6 Å². The van der Waals surface area contributed by atoms with Gasteiger partial charge in [0.1, 0.15) is 5.52 Å². The molecular weight excluding hydrogens is 250 g/mol. The number of nitrogens with one attached hydrogen (secondary N) is 1. The third kappa shape index (κ3) is 1.80. The van der Waals surface area contributed by atoms with Gasteiger partial charge in [0, 0.05) is 31.9 Å². The predicted octanol–water partition coefficient (Wildman–Crippen LogP) is 1.69. The van der Waals surface area contributed by atoms with E-state index in [4.69, 9.17) is 0 Å². The number of hydrogen-bond donors (Lipinski definition) is 1. The maximum atomic E-state index is 4.65. The summed E-state index contributed by atoms with van der Waals surface area (Å²) in [5, 5.41) is 3.66. The van der Waals surface area contributed by atoms with Crippen LogP contribution in [0.15, 0.2) is 18.6 Å². The lowest BCUT2D eigenvalue weighted by Crippen LogP contribution is -2.44. The monoisotopic (exact) mass is 271 g/mol. The van der Waals surface area contributed by atoms with Crippen LogP contribution in [0.25, 0.3) is 11.0 Å². The minimum Gasteiger partial charge on any atom is -0.350 e. The number of pyridine rings is 1. The zero-order valence-corrected chi connectivity index (χ0v) is 11.9. The van der Waals surface area contributed by atoms with Crippen LogP contribution in [0, 0.1) is 0 Å². The molecule has 1 N–H and O–H groups in total. The summed E-state index contributed by atoms with van der Waals surface area (Å²) in [6.45, 7) is 2.27. The molecule has 20 heavy (non-hydrogen) atoms. The molecule has 2 saturated heterocycles. The predicted molar refractivity (Wildman–Crippen MR) is 79.9 cm³/mol. The quantitative estimate of drug-likeness (QED) is 0.903. The highest BCUT2D eigenvalue weighted by Crippen LogP contribution is 2.32. The Bertz CT molecular complexity index is 614. The van der Waals surface area contributed by atoms with E-state index in [1.807, 2.05) is 25.6 Å². The van der Waals surface area contributed by atoms with Crippen LogP contribution in [0.4, 0.5) is 5.82 Å². The molecule has 0 radical (unpaired) electrons. The second-order valence-corrected chi connectivity index (χ2v) is 5.96. The van der Waals surface area contributed by atoms with Gasteiger partial charge in [0.2, 0.25) is 0 Å². The van der Waals surface area contributed by atoms with Crippen molar-refractivity contribution in [2.45, 2.75) is 37.8 Å². The molecule has 5 heteroatoms. The molecule has 0 saturated carbocycles. The molecule has 4 rings (SSSR count). The number of aryl methyl sites for hydroxylation is 1. The van der Waals surface area contributed by atoms with E-state index in [0.29, 0.717) is 12.1 Å². The highest BCUT2D eigenvalue weighted by atomic mass is 15.3. The molecule has 0 spiro atoms. The second-order valence-electron chi connectivity index (χ2n) is 5.96. The van der Waals surface area contributed by atoms with Crippen LogP contribution in [-0.2, 0) is 7.05 Å². The first-order chi connectivity index (χ1) is 9.84. The highest BCUT2D eigenvalue weighted by Gasteiger charge is 2.34. The highest BCUT2D eigenvalue weighted by molar-refractivity contribution is 5.86. The molecule has 0 aromatic carbocycles. The van der Waals surface area contributed by atoms with Gasteiger partial charge in [-0.05, 0) is 38.3 Å². The van der Waals surface area contributed by atoms with Crippen LogP contribution in [0.2, 0.25) is 0 Å². The molecule has 2 aromatic heterocycles. The first kappa shape index (κ1) is 12.1. The minimum absolute atomic E-state index is 0.581. The number of aromatic nitrogens is 3. The van der Waals surface area contributed by atoms with E-state index in [-0.39, 0.29) is 0 Å². The maximum absolute atomic E-state index is 4.65. The number of nitrogens with zero attached hydrogens (tertiary/aromatic N) is 4. The van der Waals surface area contributed by atoms with Crippen molar-refractivity contribution < 1.29 is 0 Å². The fraction of sp³-hybridized carbons (Fsp3) is 0.600. The minimum atomic E-state index is 0.581. The van der Waals surface area contributed by atoms with Gasteiger partial charge < -0.3 is 14.8 Å². The van der Waals surface area contributed by atoms with Crippen LogP contribution < -0.4 is 10.2 Å². The Hall–Kier alpha value is -1.62. The molecule has 0 aliphatic carbocycles. The van der Waals surface area contributed by atoms with Crippen LogP contribution >= 0.6 is 0 Å². The Kier molecular flexibility index (Phi) is 2.88. The van der Waals surface area contributed by atoms with E-state index in [9.17, 15) is 0 Å². The molecule has 0 amide bonds. The van der Waals surface area contributed by atoms with Crippen molar-refractivity contribution in [3.8, 4) is 0 Å². The van der Waals surface area contributed by atoms with E-state index < -0.39 is 0 Å². The van der Waals surface area contributed by atoms with Crippen molar-refractivity contribution in [1.29, 1.82) is 0 Å². The summed E-state index contributed by atoms with van der Waals surface area (Å²) in [5.74, 6) is 1.07. The van der Waals surface area contributed by atoms with Gasteiger partial charge in [-0.1, -0.05) is 0 Å². The number of imidazole rings is 1. The summed E-state index contributed by atoms with van der Waals surface area (Å²) in [6, 6.07) is 3.25. The van der Waals surface area contributed by atoms with Crippen molar-refractivity contribution >= 4 is 16.9 Å². The summed E-state index contributed by atoms with van der Waals surface area (Å²) < 4.78 is 2.07. The van der Waals surface area contributed by atoms with Gasteiger partial charge >= 0.3 is 0 Å². The summed E-state index contributed by atoms with van der Waals surface area (Å²) in [4.78, 5) is 11.7. The largest absolute Gasteiger partial charge is 0.350 e. The van der Waals surface area contributed by atoms with Crippen LogP contribution in [0.5, 0.6) is 0 Å². The maximum Gasteiger partial charge on any atom is 0.157 e. The van der Waals surface area contributed by atoms with Gasteiger partial charge in [-0.25, -0.2) is 9.97 Å². The van der Waals surface area contributed by atoms with E-state index in [0.717, 1.165) is 24.4 Å². The molecule has 4 heterocycles. The molecule has 106 valence electrons. The zero-order valence-electron chi connectivity index (χ0n) is 11.9. The molecule has 2 unspecified atom stereocenters. The number of fused-ring (bicyclic) bond motifs is 1. The second kappa shape index (κ2) is 4.74. The third-order valence-electron chi connectivity index (χ3n) is 4.76. The van der Waals surface area contributed by atoms with Crippen molar-refractivity contribution in [2.75, 3.05) is 18.0 Å². The molecule has 2 fully saturated rings. The van der Waals surface area contributed by atoms with Crippen LogP contribution in [0.3, 0.4) is 0 Å². The molecule has 5 nitrogen and oxygen atoms in total. The molecule has 2 aliphatic heterocycles. The van der Waals surface area contributed by atoms with Gasteiger partial charge in [0.05, 0.1) is 11.8 Å². The standard InChI is InChI=1S/C15H21N5/c1-19-10-18-14-13(19)6-8-17-15(14)20-9-3-5-12(20)11-4-2-7-16-11/h6,8,10-12,16H,2-5,7,9H2,1H3. The number of anilines is 1. The molecule has 2 aromatic rings. The Morgan fingerprint density at radius 3 is 3.05 bits per heavy atom. The topological polar surface area (TPSA) is 46.0 Å². The zero-order chi connectivity index (χ0) is 13.5. The van der Waals surface area contributed by atoms with Gasteiger partial charge in [0.15, 0.2) is 5.82 Å². The van der Waals surface area contributed by atoms with Crippen LogP contribution in [-0.4, -0.2) is 39.7 Å². The molecule has 2 aliphatic rings. The smallest absolute Gasteiger partial charge is 0.157 e. The first-order valence-corrected chi connectivity index (χ1v) is 7.60. The number of rotatable bonds is 2. The molecule has 0 bridgehead atoms. The van der Waals surface area contributed by atoms with Gasteiger partial charge in [-0.2, -0.15) is 0 Å². The Balaban J connectivity index is 1.74. The Morgan fingerprint density at radius 2 is 2.20 bits per heavy atom. The van der Waals surface area contributed by atoms with Crippen molar-refractivity contribution in [3.63, 3.8) is 0 Å². The Morgan fingerprint density at radius 1 is 1.25 bits per heavy atom. The van der Waals surface area contributed by atoms with Crippen LogP contribution in [0.1, 0.15) is 25.7 Å². The van der Waals surface area contributed by atoms with Crippen molar-refractivity contribution in [1.82, 2.24) is 19.9 Å². The van der Waals surface area contributed by atoms with Gasteiger partial charge in [-0.3, -0.25) is 0 Å². The summed E-state index contributed by atoms with van der Waals surface area (Å²) >= 11 is 0. The summed E-state index contributed by atoms with van der Waals surface area (Å²) in [7, 11) is 2.04. The lowest BCUT2D eigenvalue weighted by atomic mass is 10.0. The third-order valence-corrected chi connectivity index (χ3v) is 4.76. The number of hydrogen-bond acceptors (Lipinski definition) is 4. The first-order valence-electron chi connectivity index (χ1n) is 7.60. The van der Waals surface area contributed by atoms with Gasteiger partial charge in [-0.15, -0.1) is 0 Å². The lowest BCUT2D eigenvalue weighted by molar-refractivity contribution is 0.481. The van der Waals surface area contributed by atoms with E-state index >= 15 is 0 Å². The lowest BCUT2D eigenvalue weighted by Gasteiger charge is -2.30. The average Bonchev–Trinajstić information content (AvgIpc) is 3.18. The van der Waals surface area contributed by atoms with E-state index in [1.165, 1.54) is 31.2 Å². The normalized spacial score (nSPS) is 26.8. The average molecular weight is 271 g/mol. The van der Waals surface area contributed by atoms with E-state index in [1.54, 1.807) is 0 Å².